The van der Waals surface area contributed by atoms with Gasteiger partial charge in [-0.15, -0.1) is 0 Å². The van der Waals surface area contributed by atoms with E-state index in [4.69, 9.17) is 4.98 Å². The lowest BCUT2D eigenvalue weighted by molar-refractivity contribution is -0.141. The molecule has 186 valence electrons. The predicted molar refractivity (Wildman–Crippen MR) is 133 cm³/mol. The molecule has 3 heterocycles. The van der Waals surface area contributed by atoms with Gasteiger partial charge >= 0.3 is 5.97 Å². The summed E-state index contributed by atoms with van der Waals surface area (Å²) in [5.41, 5.74) is 2.32. The van der Waals surface area contributed by atoms with Crippen molar-refractivity contribution in [2.24, 2.45) is 5.92 Å². The second-order valence-corrected chi connectivity index (χ2v) is 9.28. The number of nitrogens with zero attached hydrogens (tertiary/aromatic N) is 4. The van der Waals surface area contributed by atoms with Crippen LogP contribution in [0.25, 0.3) is 0 Å². The van der Waals surface area contributed by atoms with Gasteiger partial charge in [-0.2, -0.15) is 5.10 Å². The van der Waals surface area contributed by atoms with Crippen LogP contribution in [0.4, 0.5) is 5.82 Å². The third-order valence-corrected chi connectivity index (χ3v) is 6.62. The van der Waals surface area contributed by atoms with E-state index in [-0.39, 0.29) is 30.7 Å². The molecule has 0 radical (unpaired) electrons. The van der Waals surface area contributed by atoms with Crippen LogP contribution < -0.4 is 10.6 Å². The topological polar surface area (TPSA) is 122 Å². The number of aliphatic carboxylic acids is 1. The minimum Gasteiger partial charge on any atom is -0.480 e. The molecule has 2 aliphatic rings. The molecule has 1 aliphatic carbocycles. The van der Waals surface area contributed by atoms with Crippen LogP contribution in [0.15, 0.2) is 42.8 Å². The largest absolute Gasteiger partial charge is 0.480 e. The van der Waals surface area contributed by atoms with E-state index < -0.39 is 12.0 Å². The summed E-state index contributed by atoms with van der Waals surface area (Å²) in [6.07, 6.45) is 14.9. The molecule has 2 aromatic heterocycles. The third-order valence-electron chi connectivity index (χ3n) is 6.62. The van der Waals surface area contributed by atoms with Crippen molar-refractivity contribution in [1.82, 2.24) is 25.1 Å². The van der Waals surface area contributed by atoms with Gasteiger partial charge in [-0.3, -0.25) is 4.79 Å². The average molecular weight is 479 g/mol. The van der Waals surface area contributed by atoms with E-state index >= 15 is 0 Å². The maximum Gasteiger partial charge on any atom is 0.328 e. The van der Waals surface area contributed by atoms with Gasteiger partial charge in [0.25, 0.3) is 0 Å². The number of aromatic nitrogens is 4. The minimum absolute atomic E-state index is 0.0307. The fourth-order valence-corrected chi connectivity index (χ4v) is 4.54. The molecule has 1 amide bonds. The highest BCUT2D eigenvalue weighted by Gasteiger charge is 2.25. The molecule has 3 atom stereocenters. The Kier molecular flexibility index (Phi) is 8.28. The number of fused-ring (bicyclic) bond motifs is 1. The first kappa shape index (κ1) is 24.6. The normalized spacial score (nSPS) is 19.6. The van der Waals surface area contributed by atoms with Crippen molar-refractivity contribution in [3.63, 3.8) is 0 Å². The standard InChI is InChI=1S/C26H34N6O3/c1-18-7-2-4-10-21(18)25-29-17-32(31-25)22(26(34)35)14-16-27-23(33)11-5-3-9-20-13-12-19-8-6-15-28-24(19)30-20/h2,4,7,10,12-13,17-18,21-22H,3,5-6,8-9,11,14-16H2,1H3,(H,27,33)(H,28,30)(H,34,35). The van der Waals surface area contributed by atoms with Crippen LogP contribution in [0.3, 0.4) is 0 Å². The van der Waals surface area contributed by atoms with Crippen LogP contribution in [-0.2, 0) is 22.4 Å². The van der Waals surface area contributed by atoms with Crippen molar-refractivity contribution in [3.8, 4) is 0 Å². The fourth-order valence-electron chi connectivity index (χ4n) is 4.54. The molecule has 0 saturated carbocycles. The lowest BCUT2D eigenvalue weighted by Crippen LogP contribution is -2.29. The quantitative estimate of drug-likeness (QED) is 0.423. The summed E-state index contributed by atoms with van der Waals surface area (Å²) in [6.45, 7) is 3.32. The summed E-state index contributed by atoms with van der Waals surface area (Å²) in [6, 6.07) is 3.35. The lowest BCUT2D eigenvalue weighted by Gasteiger charge is -2.17. The van der Waals surface area contributed by atoms with Gasteiger partial charge in [-0.05, 0) is 56.1 Å². The number of anilines is 1. The Morgan fingerprint density at radius 3 is 2.94 bits per heavy atom. The Hall–Kier alpha value is -3.49. The number of unbranched alkanes of at least 4 members (excludes halogenated alkanes) is 1. The smallest absolute Gasteiger partial charge is 0.328 e. The van der Waals surface area contributed by atoms with E-state index in [0.717, 1.165) is 50.2 Å². The van der Waals surface area contributed by atoms with Crippen LogP contribution in [0.2, 0.25) is 0 Å². The van der Waals surface area contributed by atoms with Crippen molar-refractivity contribution in [2.75, 3.05) is 18.4 Å². The highest BCUT2D eigenvalue weighted by molar-refractivity contribution is 5.76. The lowest BCUT2D eigenvalue weighted by atomic mass is 9.89. The summed E-state index contributed by atoms with van der Waals surface area (Å²) >= 11 is 0. The number of carbonyl (C=O) groups excluding carboxylic acids is 1. The van der Waals surface area contributed by atoms with E-state index in [1.165, 1.54) is 16.6 Å². The van der Waals surface area contributed by atoms with Crippen LogP contribution >= 0.6 is 0 Å². The van der Waals surface area contributed by atoms with Crippen LogP contribution in [0.5, 0.6) is 0 Å². The summed E-state index contributed by atoms with van der Waals surface area (Å²) in [5, 5.41) is 20.3. The van der Waals surface area contributed by atoms with Crippen LogP contribution in [-0.4, -0.2) is 49.8 Å². The predicted octanol–water partition coefficient (Wildman–Crippen LogP) is 3.42. The van der Waals surface area contributed by atoms with E-state index in [2.05, 4.69) is 45.8 Å². The van der Waals surface area contributed by atoms with Gasteiger partial charge in [0.1, 0.15) is 12.1 Å². The Morgan fingerprint density at radius 2 is 2.11 bits per heavy atom. The number of carboxylic acids is 1. The molecule has 0 aromatic carbocycles. The van der Waals surface area contributed by atoms with Crippen LogP contribution in [0, 0.1) is 5.92 Å². The van der Waals surface area contributed by atoms with Gasteiger partial charge in [0.05, 0.1) is 0 Å². The Labute approximate surface area is 205 Å². The van der Waals surface area contributed by atoms with E-state index in [1.54, 1.807) is 0 Å². The van der Waals surface area contributed by atoms with E-state index in [1.807, 2.05) is 18.2 Å². The SMILES string of the molecule is CC1C=CC=CC1c1ncn(C(CCNC(=O)CCCCc2ccc3c(n2)NCCC3)C(=O)O)n1. The second kappa shape index (κ2) is 11.8. The molecule has 2 aromatic rings. The number of carboxylic acid groups (broad SMARTS) is 1. The molecular weight excluding hydrogens is 444 g/mol. The van der Waals surface area contributed by atoms with Gasteiger partial charge in [-0.1, -0.05) is 37.3 Å². The first-order chi connectivity index (χ1) is 17.0. The fraction of sp³-hybridized carbons (Fsp3) is 0.500. The van der Waals surface area contributed by atoms with Gasteiger partial charge < -0.3 is 15.7 Å². The number of carbonyl (C=O) groups is 2. The molecule has 35 heavy (non-hydrogen) atoms. The molecule has 0 saturated heterocycles. The zero-order chi connectivity index (χ0) is 24.6. The number of pyridine rings is 1. The monoisotopic (exact) mass is 478 g/mol. The number of aryl methyl sites for hydroxylation is 2. The van der Waals surface area contributed by atoms with Crippen molar-refractivity contribution >= 4 is 17.7 Å². The summed E-state index contributed by atoms with van der Waals surface area (Å²) in [7, 11) is 0. The number of amides is 1. The van der Waals surface area contributed by atoms with Crippen LogP contribution in [0.1, 0.15) is 68.1 Å². The zero-order valence-electron chi connectivity index (χ0n) is 20.2. The summed E-state index contributed by atoms with van der Waals surface area (Å²) in [5.74, 6) is 0.829. The minimum atomic E-state index is -0.991. The summed E-state index contributed by atoms with van der Waals surface area (Å²) < 4.78 is 1.39. The van der Waals surface area contributed by atoms with Gasteiger partial charge in [0.2, 0.25) is 5.91 Å². The number of allylic oxidation sites excluding steroid dienone is 4. The molecule has 1 aliphatic heterocycles. The average Bonchev–Trinajstić information content (AvgIpc) is 3.34. The molecule has 4 rings (SSSR count). The third kappa shape index (κ3) is 6.55. The molecule has 0 fully saturated rings. The van der Waals surface area contributed by atoms with Gasteiger partial charge in [0, 0.05) is 31.1 Å². The molecule has 0 spiro atoms. The molecule has 3 unspecified atom stereocenters. The molecule has 9 heteroatoms. The highest BCUT2D eigenvalue weighted by Crippen LogP contribution is 2.27. The second-order valence-electron chi connectivity index (χ2n) is 9.28. The zero-order valence-corrected chi connectivity index (χ0v) is 20.2. The van der Waals surface area contributed by atoms with Gasteiger partial charge in [0.15, 0.2) is 11.9 Å². The maximum absolute atomic E-state index is 12.2. The summed E-state index contributed by atoms with van der Waals surface area (Å²) in [4.78, 5) is 33.1. The Bertz CT molecular complexity index is 1090. The highest BCUT2D eigenvalue weighted by atomic mass is 16.4. The number of nitrogens with one attached hydrogen (secondary N) is 2. The van der Waals surface area contributed by atoms with E-state index in [9.17, 15) is 14.7 Å². The first-order valence-corrected chi connectivity index (χ1v) is 12.5. The number of hydrogen-bond acceptors (Lipinski definition) is 6. The van der Waals surface area contributed by atoms with Crippen molar-refractivity contribution < 1.29 is 14.7 Å². The maximum atomic E-state index is 12.2. The van der Waals surface area contributed by atoms with Crippen molar-refractivity contribution in [2.45, 2.75) is 63.8 Å². The number of hydrogen-bond donors (Lipinski definition) is 3. The molecular formula is C26H34N6O3. The van der Waals surface area contributed by atoms with Crippen molar-refractivity contribution in [3.05, 3.63) is 59.8 Å². The first-order valence-electron chi connectivity index (χ1n) is 12.5. The molecule has 9 nitrogen and oxygen atoms in total. The molecule has 0 bridgehead atoms. The Balaban J connectivity index is 1.18. The number of rotatable bonds is 11. The molecule has 3 N–H and O–H groups in total. The Morgan fingerprint density at radius 1 is 1.26 bits per heavy atom. The van der Waals surface area contributed by atoms with Crippen molar-refractivity contribution in [1.29, 1.82) is 0 Å². The van der Waals surface area contributed by atoms with E-state index in [0.29, 0.717) is 12.2 Å². The van der Waals surface area contributed by atoms with Gasteiger partial charge in [-0.25, -0.2) is 19.4 Å².